The maximum atomic E-state index is 12.7. The predicted octanol–water partition coefficient (Wildman–Crippen LogP) is 3.43. The molecule has 0 heterocycles. The van der Waals surface area contributed by atoms with Crippen LogP contribution in [0, 0.1) is 20.8 Å². The SMILES string of the molecule is COc1cc(C)c(S(=O)(=O)Nc2cc(C)ccc2OC)cc1C. The molecule has 2 aromatic carbocycles. The zero-order valence-electron chi connectivity index (χ0n) is 13.9. The van der Waals surface area contributed by atoms with Crippen LogP contribution in [-0.2, 0) is 10.0 Å². The number of sulfonamides is 1. The fraction of sp³-hybridized carbons (Fsp3) is 0.294. The molecule has 0 radical (unpaired) electrons. The van der Waals surface area contributed by atoms with Gasteiger partial charge in [-0.2, -0.15) is 0 Å². The van der Waals surface area contributed by atoms with Crippen LogP contribution >= 0.6 is 0 Å². The van der Waals surface area contributed by atoms with Gasteiger partial charge in [0, 0.05) is 0 Å². The molecule has 2 aromatic rings. The third-order valence-electron chi connectivity index (χ3n) is 3.58. The second-order valence-corrected chi connectivity index (χ2v) is 7.05. The fourth-order valence-electron chi connectivity index (χ4n) is 2.37. The van der Waals surface area contributed by atoms with E-state index in [0.29, 0.717) is 22.7 Å². The highest BCUT2D eigenvalue weighted by atomic mass is 32.2. The van der Waals surface area contributed by atoms with Gasteiger partial charge in [0.25, 0.3) is 10.0 Å². The van der Waals surface area contributed by atoms with Gasteiger partial charge < -0.3 is 9.47 Å². The third-order valence-corrected chi connectivity index (χ3v) is 5.09. The second-order valence-electron chi connectivity index (χ2n) is 5.40. The van der Waals surface area contributed by atoms with Crippen molar-refractivity contribution in [2.24, 2.45) is 0 Å². The Bertz CT molecular complexity index is 829. The summed E-state index contributed by atoms with van der Waals surface area (Å²) in [5.41, 5.74) is 2.73. The van der Waals surface area contributed by atoms with E-state index in [4.69, 9.17) is 9.47 Å². The average Bonchev–Trinajstić information content (AvgIpc) is 2.48. The van der Waals surface area contributed by atoms with Gasteiger partial charge in [-0.05, 0) is 61.7 Å². The van der Waals surface area contributed by atoms with Gasteiger partial charge in [0.05, 0.1) is 24.8 Å². The first-order chi connectivity index (χ1) is 10.8. The number of ether oxygens (including phenoxy) is 2. The monoisotopic (exact) mass is 335 g/mol. The van der Waals surface area contributed by atoms with E-state index in [-0.39, 0.29) is 4.90 Å². The van der Waals surface area contributed by atoms with Gasteiger partial charge in [0.2, 0.25) is 0 Å². The summed E-state index contributed by atoms with van der Waals surface area (Å²) in [5, 5.41) is 0. The minimum absolute atomic E-state index is 0.222. The highest BCUT2D eigenvalue weighted by Crippen LogP contribution is 2.30. The number of methoxy groups -OCH3 is 2. The highest BCUT2D eigenvalue weighted by Gasteiger charge is 2.20. The quantitative estimate of drug-likeness (QED) is 0.909. The molecule has 0 unspecified atom stereocenters. The summed E-state index contributed by atoms with van der Waals surface area (Å²) in [7, 11) is -0.660. The Morgan fingerprint density at radius 2 is 1.52 bits per heavy atom. The standard InChI is InChI=1S/C17H21NO4S/c1-11-6-7-15(21-4)14(8-11)18-23(19,20)17-10-12(2)16(22-5)9-13(17)3/h6-10,18H,1-5H3. The smallest absolute Gasteiger partial charge is 0.262 e. The molecule has 6 heteroatoms. The Hall–Kier alpha value is -2.21. The van der Waals surface area contributed by atoms with Gasteiger partial charge in [0.1, 0.15) is 11.5 Å². The zero-order chi connectivity index (χ0) is 17.2. The van der Waals surface area contributed by atoms with E-state index in [1.807, 2.05) is 19.9 Å². The molecule has 23 heavy (non-hydrogen) atoms. The summed E-state index contributed by atoms with van der Waals surface area (Å²) in [6.45, 7) is 5.44. The largest absolute Gasteiger partial charge is 0.496 e. The lowest BCUT2D eigenvalue weighted by atomic mass is 10.1. The summed E-state index contributed by atoms with van der Waals surface area (Å²) >= 11 is 0. The van der Waals surface area contributed by atoms with Crippen LogP contribution in [0.5, 0.6) is 11.5 Å². The molecule has 0 fully saturated rings. The molecule has 0 bridgehead atoms. The number of anilines is 1. The van der Waals surface area contributed by atoms with Crippen molar-refractivity contribution in [2.75, 3.05) is 18.9 Å². The number of rotatable bonds is 5. The molecular weight excluding hydrogens is 314 g/mol. The van der Waals surface area contributed by atoms with Gasteiger partial charge in [-0.25, -0.2) is 8.42 Å². The minimum Gasteiger partial charge on any atom is -0.496 e. The summed E-state index contributed by atoms with van der Waals surface area (Å²) in [6.07, 6.45) is 0. The lowest BCUT2D eigenvalue weighted by molar-refractivity contribution is 0.411. The van der Waals surface area contributed by atoms with Crippen molar-refractivity contribution in [3.63, 3.8) is 0 Å². The molecule has 124 valence electrons. The minimum atomic E-state index is -3.73. The van der Waals surface area contributed by atoms with Crippen LogP contribution in [0.25, 0.3) is 0 Å². The van der Waals surface area contributed by atoms with Crippen molar-refractivity contribution in [3.8, 4) is 11.5 Å². The van der Waals surface area contributed by atoms with E-state index in [1.54, 1.807) is 38.3 Å². The summed E-state index contributed by atoms with van der Waals surface area (Å²) in [5.74, 6) is 1.14. The molecule has 0 aliphatic rings. The number of hydrogen-bond donors (Lipinski definition) is 1. The summed E-state index contributed by atoms with van der Waals surface area (Å²) < 4.78 is 38.6. The fourth-order valence-corrected chi connectivity index (χ4v) is 3.75. The maximum Gasteiger partial charge on any atom is 0.262 e. The molecule has 0 saturated heterocycles. The van der Waals surface area contributed by atoms with Crippen molar-refractivity contribution >= 4 is 15.7 Å². The van der Waals surface area contributed by atoms with Crippen molar-refractivity contribution in [2.45, 2.75) is 25.7 Å². The maximum absolute atomic E-state index is 12.7. The molecule has 2 rings (SSSR count). The Morgan fingerprint density at radius 3 is 2.13 bits per heavy atom. The summed E-state index contributed by atoms with van der Waals surface area (Å²) in [4.78, 5) is 0.222. The van der Waals surface area contributed by atoms with Gasteiger partial charge in [-0.1, -0.05) is 6.07 Å². The molecule has 0 aliphatic carbocycles. The molecule has 5 nitrogen and oxygen atoms in total. The number of hydrogen-bond acceptors (Lipinski definition) is 4. The highest BCUT2D eigenvalue weighted by molar-refractivity contribution is 7.92. The Balaban J connectivity index is 2.48. The van der Waals surface area contributed by atoms with Gasteiger partial charge in [-0.3, -0.25) is 4.72 Å². The first-order valence-corrected chi connectivity index (χ1v) is 8.59. The molecule has 0 spiro atoms. The van der Waals surface area contributed by atoms with E-state index < -0.39 is 10.0 Å². The summed E-state index contributed by atoms with van der Waals surface area (Å²) in [6, 6.07) is 8.66. The van der Waals surface area contributed by atoms with Crippen LogP contribution in [0.1, 0.15) is 16.7 Å². The van der Waals surface area contributed by atoms with Crippen LogP contribution < -0.4 is 14.2 Å². The van der Waals surface area contributed by atoms with Crippen molar-refractivity contribution in [1.82, 2.24) is 0 Å². The molecule has 0 atom stereocenters. The molecular formula is C17H21NO4S. The van der Waals surface area contributed by atoms with Crippen LogP contribution in [0.15, 0.2) is 35.2 Å². The predicted molar refractivity (Wildman–Crippen MR) is 91.0 cm³/mol. The second kappa shape index (κ2) is 6.50. The van der Waals surface area contributed by atoms with E-state index in [0.717, 1.165) is 11.1 Å². The van der Waals surface area contributed by atoms with Crippen LogP contribution in [-0.4, -0.2) is 22.6 Å². The van der Waals surface area contributed by atoms with Gasteiger partial charge >= 0.3 is 0 Å². The van der Waals surface area contributed by atoms with Crippen LogP contribution in [0.2, 0.25) is 0 Å². The third kappa shape index (κ3) is 3.59. The van der Waals surface area contributed by atoms with Gasteiger partial charge in [0.15, 0.2) is 0 Å². The van der Waals surface area contributed by atoms with Crippen molar-refractivity contribution < 1.29 is 17.9 Å². The Kier molecular flexibility index (Phi) is 4.85. The topological polar surface area (TPSA) is 64.6 Å². The normalized spacial score (nSPS) is 11.2. The van der Waals surface area contributed by atoms with E-state index in [1.165, 1.54) is 7.11 Å². The molecule has 0 aliphatic heterocycles. The number of aryl methyl sites for hydroxylation is 3. The van der Waals surface area contributed by atoms with Crippen LogP contribution in [0.3, 0.4) is 0 Å². The molecule has 0 aromatic heterocycles. The van der Waals surface area contributed by atoms with Crippen molar-refractivity contribution in [1.29, 1.82) is 0 Å². The van der Waals surface area contributed by atoms with Gasteiger partial charge in [-0.15, -0.1) is 0 Å². The Morgan fingerprint density at radius 1 is 0.870 bits per heavy atom. The zero-order valence-corrected chi connectivity index (χ0v) is 14.7. The molecule has 0 saturated carbocycles. The van der Waals surface area contributed by atoms with Crippen molar-refractivity contribution in [3.05, 3.63) is 47.0 Å². The van der Waals surface area contributed by atoms with E-state index in [9.17, 15) is 8.42 Å². The number of nitrogens with one attached hydrogen (secondary N) is 1. The first kappa shape index (κ1) is 17.1. The van der Waals surface area contributed by atoms with Crippen LogP contribution in [0.4, 0.5) is 5.69 Å². The lowest BCUT2D eigenvalue weighted by Gasteiger charge is -2.15. The first-order valence-electron chi connectivity index (χ1n) is 7.11. The number of benzene rings is 2. The molecule has 1 N–H and O–H groups in total. The average molecular weight is 335 g/mol. The Labute approximate surface area is 137 Å². The van der Waals surface area contributed by atoms with E-state index in [2.05, 4.69) is 4.72 Å². The van der Waals surface area contributed by atoms with E-state index >= 15 is 0 Å². The lowest BCUT2D eigenvalue weighted by Crippen LogP contribution is -2.15. The molecule has 0 amide bonds.